The average Bonchev–Trinajstić information content (AvgIpc) is 2.34. The van der Waals surface area contributed by atoms with E-state index in [2.05, 4.69) is 0 Å². The summed E-state index contributed by atoms with van der Waals surface area (Å²) in [5.41, 5.74) is 0. The second-order valence-electron chi connectivity index (χ2n) is 3.53. The van der Waals surface area contributed by atoms with E-state index in [1.807, 2.05) is 0 Å². The van der Waals surface area contributed by atoms with Gasteiger partial charge in [-0.2, -0.15) is 0 Å². The summed E-state index contributed by atoms with van der Waals surface area (Å²) in [5.74, 6) is -0.513. The highest BCUT2D eigenvalue weighted by atomic mass is 31.2. The van der Waals surface area contributed by atoms with E-state index >= 15 is 0 Å². The Morgan fingerprint density at radius 1 is 1.35 bits per heavy atom. The maximum absolute atomic E-state index is 11.8. The van der Waals surface area contributed by atoms with Crippen molar-refractivity contribution in [1.29, 1.82) is 0 Å². The van der Waals surface area contributed by atoms with Gasteiger partial charge in [0.2, 0.25) is 7.37 Å². The Hall–Kier alpha value is -0.640. The van der Waals surface area contributed by atoms with Crippen molar-refractivity contribution in [3.8, 4) is 0 Å². The van der Waals surface area contributed by atoms with Gasteiger partial charge in [-0.25, -0.2) is 4.79 Å². The quantitative estimate of drug-likeness (QED) is 0.411. The molecule has 1 atom stereocenters. The van der Waals surface area contributed by atoms with E-state index in [1.165, 1.54) is 6.08 Å². The van der Waals surface area contributed by atoms with Crippen LogP contribution in [0.15, 0.2) is 12.2 Å². The Kier molecular flexibility index (Phi) is 8.13. The molecule has 1 unspecified atom stereocenters. The van der Waals surface area contributed by atoms with Crippen molar-refractivity contribution >= 4 is 13.3 Å². The van der Waals surface area contributed by atoms with Crippen LogP contribution >= 0.6 is 7.37 Å². The zero-order chi connectivity index (χ0) is 13.3. The predicted octanol–water partition coefficient (Wildman–Crippen LogP) is 1.80. The van der Waals surface area contributed by atoms with Crippen molar-refractivity contribution in [1.82, 2.24) is 0 Å². The van der Waals surface area contributed by atoms with Crippen molar-refractivity contribution in [2.75, 3.05) is 25.5 Å². The minimum Gasteiger partial charge on any atom is -0.460 e. The monoisotopic (exact) mass is 264 g/mol. The molecule has 1 N–H and O–H groups in total. The van der Waals surface area contributed by atoms with Gasteiger partial charge in [0.05, 0.1) is 6.61 Å². The van der Waals surface area contributed by atoms with Gasteiger partial charge in [-0.1, -0.05) is 19.9 Å². The number of hydrogen-bond donors (Lipinski definition) is 1. The Bertz CT molecular complexity index is 292. The summed E-state index contributed by atoms with van der Waals surface area (Å²) in [7, 11) is -2.61. The maximum Gasteiger partial charge on any atom is 0.330 e. The molecule has 0 saturated heterocycles. The van der Waals surface area contributed by atoms with Crippen molar-refractivity contribution in [3.05, 3.63) is 12.2 Å². The van der Waals surface area contributed by atoms with Crippen LogP contribution in [0.2, 0.25) is 0 Å². The van der Waals surface area contributed by atoms with Gasteiger partial charge in [0.25, 0.3) is 0 Å². The van der Waals surface area contributed by atoms with E-state index in [1.54, 1.807) is 26.8 Å². The summed E-state index contributed by atoms with van der Waals surface area (Å²) in [6.45, 7) is 5.02. The molecule has 0 aliphatic rings. The Labute approximate surface area is 102 Å². The zero-order valence-corrected chi connectivity index (χ0v) is 11.5. The molecule has 0 fully saturated rings. The van der Waals surface area contributed by atoms with Crippen LogP contribution in [0.25, 0.3) is 0 Å². The van der Waals surface area contributed by atoms with Gasteiger partial charge >= 0.3 is 5.97 Å². The van der Waals surface area contributed by atoms with E-state index in [4.69, 9.17) is 9.26 Å². The molecule has 0 aromatic rings. The molecule has 6 heteroatoms. The first-order valence-corrected chi connectivity index (χ1v) is 7.67. The third-order valence-corrected chi connectivity index (χ3v) is 4.73. The van der Waals surface area contributed by atoms with Crippen LogP contribution in [0.3, 0.4) is 0 Å². The molecular weight excluding hydrogens is 243 g/mol. The van der Waals surface area contributed by atoms with Gasteiger partial charge in [0.15, 0.2) is 0 Å². The Balaban J connectivity index is 3.91. The fourth-order valence-electron chi connectivity index (χ4n) is 1.04. The summed E-state index contributed by atoms with van der Waals surface area (Å²) in [4.78, 5) is 10.9. The number of aliphatic hydroxyl groups excluding tert-OH is 1. The lowest BCUT2D eigenvalue weighted by Gasteiger charge is -2.17. The molecule has 0 aromatic carbocycles. The molecule has 0 aromatic heterocycles. The molecule has 0 heterocycles. The second kappa shape index (κ2) is 8.45. The lowest BCUT2D eigenvalue weighted by molar-refractivity contribution is -0.141. The molecular formula is C11H21O5P. The van der Waals surface area contributed by atoms with E-state index < -0.39 is 19.4 Å². The summed E-state index contributed by atoms with van der Waals surface area (Å²) in [6, 6.07) is 0. The van der Waals surface area contributed by atoms with Gasteiger partial charge in [-0.3, -0.25) is 4.57 Å². The SMILES string of the molecule is CC=CC(=O)OCC(O)COP(=O)(CC)CC. The van der Waals surface area contributed by atoms with Crippen molar-refractivity contribution in [3.63, 3.8) is 0 Å². The zero-order valence-electron chi connectivity index (χ0n) is 10.6. The predicted molar refractivity (Wildman–Crippen MR) is 66.4 cm³/mol. The number of carbonyl (C=O) groups excluding carboxylic acids is 1. The number of ether oxygens (including phenoxy) is 1. The fourth-order valence-corrected chi connectivity index (χ4v) is 2.29. The summed E-state index contributed by atoms with van der Waals surface area (Å²) in [6.07, 6.45) is 2.74. The van der Waals surface area contributed by atoms with Gasteiger partial charge in [-0.15, -0.1) is 0 Å². The molecule has 0 aliphatic heterocycles. The summed E-state index contributed by atoms with van der Waals surface area (Å²) < 4.78 is 21.8. The van der Waals surface area contributed by atoms with Crippen molar-refractivity contribution < 1.29 is 23.7 Å². The van der Waals surface area contributed by atoms with Crippen LogP contribution in [0.4, 0.5) is 0 Å². The topological polar surface area (TPSA) is 72.8 Å². The maximum atomic E-state index is 11.8. The van der Waals surface area contributed by atoms with Crippen LogP contribution in [0, 0.1) is 0 Å². The smallest absolute Gasteiger partial charge is 0.330 e. The fraction of sp³-hybridized carbons (Fsp3) is 0.727. The molecule has 0 amide bonds. The number of carbonyl (C=O) groups is 1. The molecule has 17 heavy (non-hydrogen) atoms. The number of hydrogen-bond acceptors (Lipinski definition) is 5. The summed E-state index contributed by atoms with van der Waals surface area (Å²) >= 11 is 0. The van der Waals surface area contributed by atoms with E-state index in [9.17, 15) is 14.5 Å². The third kappa shape index (κ3) is 7.31. The van der Waals surface area contributed by atoms with E-state index in [0.29, 0.717) is 12.3 Å². The van der Waals surface area contributed by atoms with Crippen LogP contribution in [0.1, 0.15) is 20.8 Å². The lowest BCUT2D eigenvalue weighted by atomic mass is 10.4. The standard InChI is InChI=1S/C11H21O5P/c1-4-7-11(13)15-8-10(12)9-16-17(14,5-2)6-3/h4,7,10,12H,5-6,8-9H2,1-3H3. The van der Waals surface area contributed by atoms with Crippen LogP contribution < -0.4 is 0 Å². The molecule has 0 spiro atoms. The molecule has 0 radical (unpaired) electrons. The third-order valence-electron chi connectivity index (χ3n) is 2.19. The van der Waals surface area contributed by atoms with E-state index in [-0.39, 0.29) is 13.2 Å². The second-order valence-corrected chi connectivity index (χ2v) is 6.68. The number of rotatable bonds is 8. The number of esters is 1. The lowest BCUT2D eigenvalue weighted by Crippen LogP contribution is -2.23. The van der Waals surface area contributed by atoms with Gasteiger partial charge < -0.3 is 14.4 Å². The van der Waals surface area contributed by atoms with Crippen LogP contribution in [-0.2, 0) is 18.6 Å². The Morgan fingerprint density at radius 3 is 2.41 bits per heavy atom. The minimum atomic E-state index is -2.61. The first-order chi connectivity index (χ1) is 7.97. The molecule has 0 bridgehead atoms. The number of aliphatic hydroxyl groups is 1. The highest BCUT2D eigenvalue weighted by Gasteiger charge is 2.19. The summed E-state index contributed by atoms with van der Waals surface area (Å²) in [5, 5.41) is 9.47. The normalized spacial score (nSPS) is 13.9. The van der Waals surface area contributed by atoms with Crippen molar-refractivity contribution in [2.24, 2.45) is 0 Å². The minimum absolute atomic E-state index is 0.0813. The molecule has 0 saturated carbocycles. The highest BCUT2D eigenvalue weighted by molar-refractivity contribution is 7.58. The van der Waals surface area contributed by atoms with Crippen LogP contribution in [-0.4, -0.2) is 42.7 Å². The van der Waals surface area contributed by atoms with Gasteiger partial charge in [-0.05, 0) is 6.92 Å². The van der Waals surface area contributed by atoms with Gasteiger partial charge in [0, 0.05) is 18.4 Å². The number of allylic oxidation sites excluding steroid dienone is 1. The van der Waals surface area contributed by atoms with Crippen LogP contribution in [0.5, 0.6) is 0 Å². The van der Waals surface area contributed by atoms with Crippen molar-refractivity contribution in [2.45, 2.75) is 26.9 Å². The molecule has 5 nitrogen and oxygen atoms in total. The molecule has 0 rings (SSSR count). The molecule has 100 valence electrons. The first-order valence-electron chi connectivity index (χ1n) is 5.67. The van der Waals surface area contributed by atoms with E-state index in [0.717, 1.165) is 0 Å². The first kappa shape index (κ1) is 16.4. The highest BCUT2D eigenvalue weighted by Crippen LogP contribution is 2.45. The molecule has 0 aliphatic carbocycles. The largest absolute Gasteiger partial charge is 0.460 e. The average molecular weight is 264 g/mol. The Morgan fingerprint density at radius 2 is 1.94 bits per heavy atom. The van der Waals surface area contributed by atoms with Gasteiger partial charge in [0.1, 0.15) is 12.7 Å².